The van der Waals surface area contributed by atoms with E-state index in [4.69, 9.17) is 0 Å². The van der Waals surface area contributed by atoms with E-state index in [0.29, 0.717) is 22.3 Å². The van der Waals surface area contributed by atoms with E-state index in [1.54, 1.807) is 16.7 Å². The molecule has 0 fully saturated rings. The molecule has 0 saturated heterocycles. The monoisotopic (exact) mass is 314 g/mol. The number of hydrogen-bond donors (Lipinski definition) is 0. The SMILES string of the molecule is N#Cc1cc(C(=O)c2ccc(F)cc2)n2ccc3ccccc3c12. The summed E-state index contributed by atoms with van der Waals surface area (Å²) in [6.07, 6.45) is 1.79. The molecule has 3 nitrogen and oxygen atoms in total. The number of ketones is 1. The van der Waals surface area contributed by atoms with Crippen LogP contribution in [0.5, 0.6) is 0 Å². The highest BCUT2D eigenvalue weighted by molar-refractivity contribution is 6.11. The minimum Gasteiger partial charge on any atom is -0.312 e. The van der Waals surface area contributed by atoms with Gasteiger partial charge in [-0.15, -0.1) is 0 Å². The number of pyridine rings is 1. The van der Waals surface area contributed by atoms with E-state index < -0.39 is 5.82 Å². The molecular weight excluding hydrogens is 303 g/mol. The third kappa shape index (κ3) is 2.07. The molecule has 2 aromatic heterocycles. The highest BCUT2D eigenvalue weighted by Crippen LogP contribution is 2.27. The Morgan fingerprint density at radius 3 is 2.54 bits per heavy atom. The zero-order valence-corrected chi connectivity index (χ0v) is 12.5. The first-order chi connectivity index (χ1) is 11.7. The zero-order chi connectivity index (χ0) is 16.7. The van der Waals surface area contributed by atoms with Crippen LogP contribution in [0, 0.1) is 17.1 Å². The summed E-state index contributed by atoms with van der Waals surface area (Å²) in [7, 11) is 0. The number of aromatic nitrogens is 1. The molecule has 4 rings (SSSR count). The van der Waals surface area contributed by atoms with Gasteiger partial charge in [0.15, 0.2) is 0 Å². The van der Waals surface area contributed by atoms with E-state index in [0.717, 1.165) is 10.8 Å². The van der Waals surface area contributed by atoms with Gasteiger partial charge in [0.1, 0.15) is 11.9 Å². The molecule has 0 aliphatic carbocycles. The molecule has 2 heterocycles. The van der Waals surface area contributed by atoms with Gasteiger partial charge in [0, 0.05) is 17.1 Å². The van der Waals surface area contributed by atoms with Gasteiger partial charge in [-0.05, 0) is 41.8 Å². The number of halogens is 1. The van der Waals surface area contributed by atoms with Gasteiger partial charge in [0.25, 0.3) is 0 Å². The van der Waals surface area contributed by atoms with E-state index in [-0.39, 0.29) is 5.78 Å². The average molecular weight is 314 g/mol. The van der Waals surface area contributed by atoms with Crippen molar-refractivity contribution in [2.24, 2.45) is 0 Å². The lowest BCUT2D eigenvalue weighted by Crippen LogP contribution is -2.05. The highest BCUT2D eigenvalue weighted by Gasteiger charge is 2.18. The number of fused-ring (bicyclic) bond motifs is 3. The summed E-state index contributed by atoms with van der Waals surface area (Å²) in [5, 5.41) is 11.4. The van der Waals surface area contributed by atoms with Crippen LogP contribution >= 0.6 is 0 Å². The van der Waals surface area contributed by atoms with Crippen LogP contribution in [-0.2, 0) is 0 Å². The van der Waals surface area contributed by atoms with Gasteiger partial charge in [-0.25, -0.2) is 4.39 Å². The largest absolute Gasteiger partial charge is 0.312 e. The third-order valence-electron chi connectivity index (χ3n) is 4.12. The molecule has 2 aromatic carbocycles. The first-order valence-electron chi connectivity index (χ1n) is 7.42. The first kappa shape index (κ1) is 14.2. The van der Waals surface area contributed by atoms with Crippen molar-refractivity contribution >= 4 is 22.1 Å². The highest BCUT2D eigenvalue weighted by atomic mass is 19.1. The fourth-order valence-electron chi connectivity index (χ4n) is 2.98. The van der Waals surface area contributed by atoms with E-state index in [1.165, 1.54) is 24.3 Å². The van der Waals surface area contributed by atoms with Gasteiger partial charge < -0.3 is 4.40 Å². The fourth-order valence-corrected chi connectivity index (χ4v) is 2.98. The summed E-state index contributed by atoms with van der Waals surface area (Å²) in [6, 6.07) is 18.8. The number of nitriles is 1. The number of carbonyl (C=O) groups is 1. The summed E-state index contributed by atoms with van der Waals surface area (Å²) in [4.78, 5) is 12.8. The van der Waals surface area contributed by atoms with Crippen LogP contribution in [0.25, 0.3) is 16.3 Å². The quantitative estimate of drug-likeness (QED) is 0.517. The Hall–Kier alpha value is -3.45. The zero-order valence-electron chi connectivity index (χ0n) is 12.5. The molecule has 0 atom stereocenters. The van der Waals surface area contributed by atoms with Gasteiger partial charge >= 0.3 is 0 Å². The second kappa shape index (κ2) is 5.32. The van der Waals surface area contributed by atoms with Crippen LogP contribution in [0.1, 0.15) is 21.6 Å². The average Bonchev–Trinajstić information content (AvgIpc) is 3.01. The van der Waals surface area contributed by atoms with Crippen LogP contribution in [-0.4, -0.2) is 10.2 Å². The molecule has 24 heavy (non-hydrogen) atoms. The predicted octanol–water partition coefficient (Wildman–Crippen LogP) is 4.33. The van der Waals surface area contributed by atoms with Crippen molar-refractivity contribution in [3.63, 3.8) is 0 Å². The van der Waals surface area contributed by atoms with Crippen molar-refractivity contribution < 1.29 is 9.18 Å². The third-order valence-corrected chi connectivity index (χ3v) is 4.12. The second-order valence-electron chi connectivity index (χ2n) is 5.51. The van der Waals surface area contributed by atoms with Gasteiger partial charge in [-0.1, -0.05) is 24.3 Å². The maximum Gasteiger partial charge on any atom is 0.209 e. The summed E-state index contributed by atoms with van der Waals surface area (Å²) in [6.45, 7) is 0. The molecule has 0 radical (unpaired) electrons. The molecule has 4 aromatic rings. The Bertz CT molecular complexity index is 1130. The number of benzene rings is 2. The fraction of sp³-hybridized carbons (Fsp3) is 0. The Morgan fingerprint density at radius 2 is 1.79 bits per heavy atom. The number of carbonyl (C=O) groups excluding carboxylic acids is 1. The van der Waals surface area contributed by atoms with Crippen molar-refractivity contribution in [3.8, 4) is 6.07 Å². The Kier molecular flexibility index (Phi) is 3.14. The lowest BCUT2D eigenvalue weighted by molar-refractivity contribution is 0.103. The summed E-state index contributed by atoms with van der Waals surface area (Å²) >= 11 is 0. The van der Waals surface area contributed by atoms with Gasteiger partial charge in [0.2, 0.25) is 5.78 Å². The molecule has 0 aliphatic heterocycles. The lowest BCUT2D eigenvalue weighted by Gasteiger charge is -2.05. The van der Waals surface area contributed by atoms with Crippen LogP contribution in [0.3, 0.4) is 0 Å². The number of hydrogen-bond acceptors (Lipinski definition) is 2. The van der Waals surface area contributed by atoms with Crippen molar-refractivity contribution in [1.82, 2.24) is 4.40 Å². The molecule has 114 valence electrons. The standard InChI is InChI=1S/C20H11FN2O/c21-16-7-5-14(6-8-16)20(24)18-11-15(12-22)19-17-4-2-1-3-13(17)9-10-23(18)19/h1-11H. The van der Waals surface area contributed by atoms with Crippen LogP contribution in [0.4, 0.5) is 4.39 Å². The molecular formula is C20H11FN2O. The van der Waals surface area contributed by atoms with Crippen LogP contribution in [0.15, 0.2) is 66.9 Å². The van der Waals surface area contributed by atoms with Crippen LogP contribution < -0.4 is 0 Å². The van der Waals surface area contributed by atoms with E-state index in [9.17, 15) is 14.4 Å². The predicted molar refractivity (Wildman–Crippen MR) is 89.5 cm³/mol. The number of rotatable bonds is 2. The van der Waals surface area contributed by atoms with E-state index in [1.807, 2.05) is 30.3 Å². The van der Waals surface area contributed by atoms with Crippen LogP contribution in [0.2, 0.25) is 0 Å². The molecule has 0 bridgehead atoms. The molecule has 0 amide bonds. The minimum atomic E-state index is -0.393. The van der Waals surface area contributed by atoms with Gasteiger partial charge in [-0.3, -0.25) is 4.79 Å². The smallest absolute Gasteiger partial charge is 0.209 e. The van der Waals surface area contributed by atoms with Gasteiger partial charge in [0.05, 0.1) is 16.8 Å². The summed E-state index contributed by atoms with van der Waals surface area (Å²) in [5.74, 6) is -0.642. The Morgan fingerprint density at radius 1 is 1.04 bits per heavy atom. The van der Waals surface area contributed by atoms with Crippen molar-refractivity contribution in [1.29, 1.82) is 5.26 Å². The first-order valence-corrected chi connectivity index (χ1v) is 7.42. The van der Waals surface area contributed by atoms with Crippen molar-refractivity contribution in [2.75, 3.05) is 0 Å². The molecule has 0 N–H and O–H groups in total. The molecule has 0 saturated carbocycles. The minimum absolute atomic E-state index is 0.248. The number of nitrogens with zero attached hydrogens (tertiary/aromatic N) is 2. The molecule has 4 heteroatoms. The topological polar surface area (TPSA) is 45.3 Å². The van der Waals surface area contributed by atoms with Gasteiger partial charge in [-0.2, -0.15) is 5.26 Å². The molecule has 0 aliphatic rings. The maximum atomic E-state index is 13.1. The summed E-state index contributed by atoms with van der Waals surface area (Å²) < 4.78 is 14.8. The Balaban J connectivity index is 2.00. The van der Waals surface area contributed by atoms with Crippen molar-refractivity contribution in [2.45, 2.75) is 0 Å². The molecule has 0 unspecified atom stereocenters. The second-order valence-corrected chi connectivity index (χ2v) is 5.51. The van der Waals surface area contributed by atoms with E-state index in [2.05, 4.69) is 6.07 Å². The Labute approximate surface area is 137 Å². The molecule has 0 spiro atoms. The lowest BCUT2D eigenvalue weighted by atomic mass is 10.1. The maximum absolute atomic E-state index is 13.1. The van der Waals surface area contributed by atoms with E-state index >= 15 is 0 Å². The summed E-state index contributed by atoms with van der Waals surface area (Å²) in [5.41, 5.74) is 1.92. The normalized spacial score (nSPS) is 10.8. The van der Waals surface area contributed by atoms with Crippen molar-refractivity contribution in [3.05, 3.63) is 89.5 Å².